The molecule has 2 amide bonds. The maximum Gasteiger partial charge on any atom is 0.248 e. The molecular weight excluding hydrogens is 398 g/mol. The number of nitrogens with one attached hydrogen (secondary N) is 2. The van der Waals surface area contributed by atoms with Crippen molar-refractivity contribution in [3.63, 3.8) is 0 Å². The van der Waals surface area contributed by atoms with Crippen molar-refractivity contribution in [2.24, 2.45) is 11.0 Å². The lowest BCUT2D eigenvalue weighted by Gasteiger charge is -2.14. The van der Waals surface area contributed by atoms with Crippen LogP contribution in [0.2, 0.25) is 0 Å². The number of hydrazone groups is 1. The van der Waals surface area contributed by atoms with Gasteiger partial charge in [0.15, 0.2) is 0 Å². The highest BCUT2D eigenvalue weighted by Gasteiger charge is 2.27. The standard InChI is InChI=1S/C22H21N5O2S/c1-14-17(20(29)25-24-14)12-13-18(28)23-22-27-26-21(30-22)19(15-8-4-2-5-9-15)16-10-6-3-7-11-16/h2-11,17,19H,12-13H2,1H3,(H,25,29)(H,23,27,28). The van der Waals surface area contributed by atoms with Crippen molar-refractivity contribution in [3.8, 4) is 0 Å². The van der Waals surface area contributed by atoms with Crippen LogP contribution in [0.4, 0.5) is 5.13 Å². The summed E-state index contributed by atoms with van der Waals surface area (Å²) < 4.78 is 0. The Labute approximate surface area is 178 Å². The summed E-state index contributed by atoms with van der Waals surface area (Å²) in [4.78, 5) is 24.1. The van der Waals surface area contributed by atoms with Crippen LogP contribution in [-0.2, 0) is 9.59 Å². The predicted molar refractivity (Wildman–Crippen MR) is 116 cm³/mol. The van der Waals surface area contributed by atoms with Crippen LogP contribution in [0.1, 0.15) is 41.8 Å². The van der Waals surface area contributed by atoms with Crippen LogP contribution in [0.5, 0.6) is 0 Å². The highest BCUT2D eigenvalue weighted by molar-refractivity contribution is 7.15. The Bertz CT molecular complexity index is 1030. The molecule has 2 heterocycles. The van der Waals surface area contributed by atoms with Crippen molar-refractivity contribution in [2.45, 2.75) is 25.7 Å². The van der Waals surface area contributed by atoms with Crippen LogP contribution < -0.4 is 10.7 Å². The fourth-order valence-corrected chi connectivity index (χ4v) is 4.37. The quantitative estimate of drug-likeness (QED) is 0.612. The third kappa shape index (κ3) is 4.44. The fraction of sp³-hybridized carbons (Fsp3) is 0.227. The minimum Gasteiger partial charge on any atom is -0.301 e. The van der Waals surface area contributed by atoms with Gasteiger partial charge in [-0.25, -0.2) is 5.43 Å². The second-order valence-corrected chi connectivity index (χ2v) is 8.08. The number of carbonyl (C=O) groups is 2. The van der Waals surface area contributed by atoms with Gasteiger partial charge in [0.05, 0.1) is 11.8 Å². The molecule has 30 heavy (non-hydrogen) atoms. The highest BCUT2D eigenvalue weighted by atomic mass is 32.1. The Morgan fingerprint density at radius 3 is 2.27 bits per heavy atom. The van der Waals surface area contributed by atoms with Crippen molar-refractivity contribution in [3.05, 3.63) is 76.8 Å². The number of rotatable bonds is 7. The van der Waals surface area contributed by atoms with Crippen LogP contribution in [0.15, 0.2) is 65.8 Å². The first-order chi connectivity index (χ1) is 14.6. The molecule has 4 rings (SSSR count). The zero-order chi connectivity index (χ0) is 20.9. The second-order valence-electron chi connectivity index (χ2n) is 7.07. The Hall–Kier alpha value is -3.39. The van der Waals surface area contributed by atoms with Gasteiger partial charge in [-0.3, -0.25) is 9.59 Å². The van der Waals surface area contributed by atoms with Crippen molar-refractivity contribution in [2.75, 3.05) is 5.32 Å². The molecule has 3 aromatic rings. The van der Waals surface area contributed by atoms with E-state index in [9.17, 15) is 9.59 Å². The maximum absolute atomic E-state index is 12.4. The van der Waals surface area contributed by atoms with Crippen LogP contribution in [0.3, 0.4) is 0 Å². The molecule has 1 unspecified atom stereocenters. The Kier molecular flexibility index (Phi) is 5.94. The number of anilines is 1. The monoisotopic (exact) mass is 419 g/mol. The van der Waals surface area contributed by atoms with Gasteiger partial charge >= 0.3 is 0 Å². The molecule has 0 aliphatic carbocycles. The van der Waals surface area contributed by atoms with Gasteiger partial charge in [0, 0.05) is 12.1 Å². The van der Waals surface area contributed by atoms with E-state index in [4.69, 9.17) is 0 Å². The molecule has 1 aromatic heterocycles. The van der Waals surface area contributed by atoms with E-state index in [0.29, 0.717) is 17.3 Å². The smallest absolute Gasteiger partial charge is 0.248 e. The van der Waals surface area contributed by atoms with Gasteiger partial charge in [0.2, 0.25) is 16.9 Å². The van der Waals surface area contributed by atoms with Crippen LogP contribution in [-0.4, -0.2) is 27.7 Å². The van der Waals surface area contributed by atoms with Crippen LogP contribution >= 0.6 is 11.3 Å². The van der Waals surface area contributed by atoms with Crippen molar-refractivity contribution in [1.82, 2.24) is 15.6 Å². The molecule has 8 heteroatoms. The molecule has 1 aliphatic rings. The summed E-state index contributed by atoms with van der Waals surface area (Å²) in [6.07, 6.45) is 0.621. The van der Waals surface area contributed by atoms with Gasteiger partial charge in [-0.2, -0.15) is 5.10 Å². The zero-order valence-corrected chi connectivity index (χ0v) is 17.2. The molecule has 0 spiro atoms. The van der Waals surface area contributed by atoms with E-state index in [1.54, 1.807) is 6.92 Å². The molecule has 2 N–H and O–H groups in total. The first kappa shape index (κ1) is 19.9. The molecule has 2 aromatic carbocycles. The normalized spacial score (nSPS) is 15.7. The van der Waals surface area contributed by atoms with E-state index in [-0.39, 0.29) is 30.1 Å². The number of amides is 2. The van der Waals surface area contributed by atoms with Crippen LogP contribution in [0, 0.1) is 5.92 Å². The molecule has 152 valence electrons. The van der Waals surface area contributed by atoms with Gasteiger partial charge in [-0.15, -0.1) is 10.2 Å². The largest absolute Gasteiger partial charge is 0.301 e. The van der Waals surface area contributed by atoms with Crippen molar-refractivity contribution >= 4 is 34.0 Å². The molecule has 1 atom stereocenters. The lowest BCUT2D eigenvalue weighted by Crippen LogP contribution is -2.24. The van der Waals surface area contributed by atoms with Gasteiger partial charge in [0.25, 0.3) is 0 Å². The lowest BCUT2D eigenvalue weighted by atomic mass is 9.92. The third-order valence-corrected chi connectivity index (χ3v) is 5.93. The summed E-state index contributed by atoms with van der Waals surface area (Å²) >= 11 is 1.36. The number of benzene rings is 2. The summed E-state index contributed by atoms with van der Waals surface area (Å²) in [6, 6.07) is 20.2. The number of nitrogens with zero attached hydrogens (tertiary/aromatic N) is 3. The molecular formula is C22H21N5O2S. The summed E-state index contributed by atoms with van der Waals surface area (Å²) in [5.74, 6) is -0.758. The lowest BCUT2D eigenvalue weighted by molar-refractivity contribution is -0.122. The van der Waals surface area contributed by atoms with E-state index in [2.05, 4.69) is 50.3 Å². The summed E-state index contributed by atoms with van der Waals surface area (Å²) in [5, 5.41) is 16.5. The molecule has 0 radical (unpaired) electrons. The van der Waals surface area contributed by atoms with E-state index in [1.165, 1.54) is 11.3 Å². The van der Waals surface area contributed by atoms with Gasteiger partial charge in [-0.1, -0.05) is 72.0 Å². The summed E-state index contributed by atoms with van der Waals surface area (Å²) in [7, 11) is 0. The SMILES string of the molecule is CC1=NNC(=O)C1CCC(=O)Nc1nnc(C(c2ccccc2)c2ccccc2)s1. The third-order valence-electron chi connectivity index (χ3n) is 5.02. The molecule has 7 nitrogen and oxygen atoms in total. The first-order valence-corrected chi connectivity index (χ1v) is 10.5. The number of hydrogen-bond donors (Lipinski definition) is 2. The average molecular weight is 420 g/mol. The number of aromatic nitrogens is 2. The maximum atomic E-state index is 12.4. The second kappa shape index (κ2) is 8.96. The Balaban J connectivity index is 1.47. The van der Waals surface area contributed by atoms with E-state index < -0.39 is 0 Å². The van der Waals surface area contributed by atoms with E-state index in [0.717, 1.165) is 16.1 Å². The fourth-order valence-electron chi connectivity index (χ4n) is 3.46. The summed E-state index contributed by atoms with van der Waals surface area (Å²) in [6.45, 7) is 1.78. The topological polar surface area (TPSA) is 96.3 Å². The Morgan fingerprint density at radius 2 is 1.70 bits per heavy atom. The predicted octanol–water partition coefficient (Wildman–Crippen LogP) is 3.56. The molecule has 0 saturated heterocycles. The highest BCUT2D eigenvalue weighted by Crippen LogP contribution is 2.34. The summed E-state index contributed by atoms with van der Waals surface area (Å²) in [5.41, 5.74) is 5.37. The van der Waals surface area contributed by atoms with Crippen molar-refractivity contribution < 1.29 is 9.59 Å². The molecule has 1 aliphatic heterocycles. The minimum absolute atomic E-state index is 0.0587. The van der Waals surface area contributed by atoms with E-state index in [1.807, 2.05) is 36.4 Å². The van der Waals surface area contributed by atoms with Crippen LogP contribution in [0.25, 0.3) is 0 Å². The van der Waals surface area contributed by atoms with E-state index >= 15 is 0 Å². The first-order valence-electron chi connectivity index (χ1n) is 9.69. The Morgan fingerprint density at radius 1 is 1.07 bits per heavy atom. The van der Waals surface area contributed by atoms with Crippen molar-refractivity contribution in [1.29, 1.82) is 0 Å². The zero-order valence-electron chi connectivity index (χ0n) is 16.4. The molecule has 0 saturated carbocycles. The number of carbonyl (C=O) groups excluding carboxylic acids is 2. The van der Waals surface area contributed by atoms with Gasteiger partial charge < -0.3 is 5.32 Å². The van der Waals surface area contributed by atoms with Gasteiger partial charge in [0.1, 0.15) is 5.01 Å². The molecule has 0 bridgehead atoms. The minimum atomic E-state index is -0.346. The van der Waals surface area contributed by atoms with Gasteiger partial charge in [-0.05, 0) is 24.5 Å². The molecule has 0 fully saturated rings. The number of hydrogen-bond acceptors (Lipinski definition) is 6. The average Bonchev–Trinajstić information content (AvgIpc) is 3.34.